The summed E-state index contributed by atoms with van der Waals surface area (Å²) in [7, 11) is 0. The van der Waals surface area contributed by atoms with Crippen LogP contribution in [0.1, 0.15) is 67.1 Å². The molecule has 1 heterocycles. The van der Waals surface area contributed by atoms with E-state index < -0.39 is 6.04 Å². The highest BCUT2D eigenvalue weighted by Gasteiger charge is 2.23. The van der Waals surface area contributed by atoms with Crippen LogP contribution < -0.4 is 15.4 Å². The van der Waals surface area contributed by atoms with E-state index >= 15 is 0 Å². The number of fused-ring (bicyclic) bond motifs is 1. The van der Waals surface area contributed by atoms with Crippen LogP contribution >= 0.6 is 0 Å². The molecule has 0 saturated carbocycles. The number of nitrogens with one attached hydrogen (secondary N) is 2. The van der Waals surface area contributed by atoms with Gasteiger partial charge in [0.25, 0.3) is 5.91 Å². The van der Waals surface area contributed by atoms with Crippen molar-refractivity contribution in [2.75, 3.05) is 32.8 Å². The Bertz CT molecular complexity index is 948. The Balaban J connectivity index is 1.91. The lowest BCUT2D eigenvalue weighted by atomic mass is 10.0. The Kier molecular flexibility index (Phi) is 10.6. The van der Waals surface area contributed by atoms with Crippen LogP contribution in [0.4, 0.5) is 0 Å². The number of carbonyl (C=O) groups is 2. The number of carbonyl (C=O) groups excluding carboxylic acids is 2. The van der Waals surface area contributed by atoms with Crippen molar-refractivity contribution in [3.05, 3.63) is 65.2 Å². The molecule has 7 nitrogen and oxygen atoms in total. The summed E-state index contributed by atoms with van der Waals surface area (Å²) >= 11 is 0. The van der Waals surface area contributed by atoms with Crippen LogP contribution in [-0.4, -0.2) is 54.7 Å². The van der Waals surface area contributed by atoms with Gasteiger partial charge in [0.05, 0.1) is 25.8 Å². The maximum atomic E-state index is 13.5. The van der Waals surface area contributed by atoms with Gasteiger partial charge in [-0.3, -0.25) is 14.5 Å². The third-order valence-electron chi connectivity index (χ3n) is 6.24. The zero-order valence-corrected chi connectivity index (χ0v) is 21.0. The van der Waals surface area contributed by atoms with Crippen LogP contribution in [0.2, 0.25) is 0 Å². The first-order valence-corrected chi connectivity index (χ1v) is 12.7. The SMILES string of the molecule is CC(C)CCN1CC(=O)NCCCCCOc2cccc(C(=O)N[C@H](CO)c3ccccc3)c2C1. The molecule has 2 aromatic rings. The second-order valence-corrected chi connectivity index (χ2v) is 9.55. The minimum atomic E-state index is -0.516. The molecule has 2 amide bonds. The first-order valence-electron chi connectivity index (χ1n) is 12.7. The van der Waals surface area contributed by atoms with E-state index in [2.05, 4.69) is 29.4 Å². The molecule has 0 radical (unpaired) electrons. The maximum Gasteiger partial charge on any atom is 0.252 e. The summed E-state index contributed by atoms with van der Waals surface area (Å²) in [6, 6.07) is 14.4. The van der Waals surface area contributed by atoms with E-state index in [1.54, 1.807) is 6.07 Å². The quantitative estimate of drug-likeness (QED) is 0.561. The molecule has 3 N–H and O–H groups in total. The summed E-state index contributed by atoms with van der Waals surface area (Å²) in [5.74, 6) is 0.896. The van der Waals surface area contributed by atoms with E-state index in [1.165, 1.54) is 0 Å². The second kappa shape index (κ2) is 13.9. The first-order chi connectivity index (χ1) is 17.0. The number of aliphatic hydroxyl groups is 1. The average molecular weight is 482 g/mol. The van der Waals surface area contributed by atoms with Crippen molar-refractivity contribution in [2.45, 2.75) is 52.1 Å². The van der Waals surface area contributed by atoms with E-state index in [-0.39, 0.29) is 25.0 Å². The minimum absolute atomic E-state index is 0.00169. The van der Waals surface area contributed by atoms with Gasteiger partial charge in [-0.15, -0.1) is 0 Å². The maximum absolute atomic E-state index is 13.5. The predicted molar refractivity (Wildman–Crippen MR) is 137 cm³/mol. The van der Waals surface area contributed by atoms with Crippen molar-refractivity contribution in [2.24, 2.45) is 5.92 Å². The zero-order valence-electron chi connectivity index (χ0n) is 21.0. The zero-order chi connectivity index (χ0) is 25.0. The number of ether oxygens (including phenoxy) is 1. The molecule has 7 heteroatoms. The number of amides is 2. The van der Waals surface area contributed by atoms with Crippen molar-refractivity contribution < 1.29 is 19.4 Å². The normalized spacial score (nSPS) is 16.6. The molecule has 0 aliphatic carbocycles. The van der Waals surface area contributed by atoms with E-state index in [4.69, 9.17) is 4.74 Å². The smallest absolute Gasteiger partial charge is 0.252 e. The van der Waals surface area contributed by atoms with Crippen molar-refractivity contribution in [3.63, 3.8) is 0 Å². The average Bonchev–Trinajstić information content (AvgIpc) is 2.87. The summed E-state index contributed by atoms with van der Waals surface area (Å²) in [5, 5.41) is 16.0. The van der Waals surface area contributed by atoms with Gasteiger partial charge in [0, 0.05) is 24.2 Å². The highest BCUT2D eigenvalue weighted by molar-refractivity contribution is 5.96. The largest absolute Gasteiger partial charge is 0.493 e. The number of benzene rings is 2. The third kappa shape index (κ3) is 8.37. The van der Waals surface area contributed by atoms with Crippen LogP contribution in [0.25, 0.3) is 0 Å². The van der Waals surface area contributed by atoms with Crippen LogP contribution in [0, 0.1) is 5.92 Å². The van der Waals surface area contributed by atoms with Crippen molar-refractivity contribution in [1.82, 2.24) is 15.5 Å². The molecular weight excluding hydrogens is 442 g/mol. The van der Waals surface area contributed by atoms with Gasteiger partial charge in [0.2, 0.25) is 5.91 Å². The summed E-state index contributed by atoms with van der Waals surface area (Å²) in [6.07, 6.45) is 3.70. The van der Waals surface area contributed by atoms with E-state index in [9.17, 15) is 14.7 Å². The van der Waals surface area contributed by atoms with E-state index in [0.29, 0.717) is 36.9 Å². The highest BCUT2D eigenvalue weighted by Crippen LogP contribution is 2.26. The predicted octanol–water partition coefficient (Wildman–Crippen LogP) is 3.68. The van der Waals surface area contributed by atoms with Crippen molar-refractivity contribution >= 4 is 11.8 Å². The molecule has 0 saturated heterocycles. The standard InChI is InChI=1S/C28H39N3O4/c1-21(2)14-16-31-18-24-23(28(34)30-25(20-32)22-10-5-3-6-11-22)12-9-13-26(24)35-17-8-4-7-15-29-27(33)19-31/h3,5-6,9-13,21,25,32H,4,7-8,14-20H2,1-2H3,(H,29,33)(H,30,34)/t25-/m1/s1. The van der Waals surface area contributed by atoms with Gasteiger partial charge in [-0.05, 0) is 55.8 Å². The molecule has 2 aromatic carbocycles. The Morgan fingerprint density at radius 1 is 1.09 bits per heavy atom. The first kappa shape index (κ1) is 26.7. The minimum Gasteiger partial charge on any atom is -0.493 e. The summed E-state index contributed by atoms with van der Waals surface area (Å²) < 4.78 is 6.15. The topological polar surface area (TPSA) is 90.9 Å². The molecular formula is C28H39N3O4. The molecule has 1 aliphatic rings. The molecule has 190 valence electrons. The van der Waals surface area contributed by atoms with Crippen LogP contribution in [-0.2, 0) is 11.3 Å². The van der Waals surface area contributed by atoms with E-state index in [0.717, 1.165) is 43.4 Å². The van der Waals surface area contributed by atoms with Crippen molar-refractivity contribution in [3.8, 4) is 5.75 Å². The molecule has 1 atom stereocenters. The fraction of sp³-hybridized carbons (Fsp3) is 0.500. The second-order valence-electron chi connectivity index (χ2n) is 9.55. The molecule has 0 fully saturated rings. The molecule has 0 unspecified atom stereocenters. The summed E-state index contributed by atoms with van der Waals surface area (Å²) in [4.78, 5) is 28.2. The molecule has 35 heavy (non-hydrogen) atoms. The number of hydrogen-bond donors (Lipinski definition) is 3. The van der Waals surface area contributed by atoms with Gasteiger partial charge in [0.1, 0.15) is 5.75 Å². The molecule has 3 rings (SSSR count). The van der Waals surface area contributed by atoms with Gasteiger partial charge >= 0.3 is 0 Å². The lowest BCUT2D eigenvalue weighted by molar-refractivity contribution is -0.122. The van der Waals surface area contributed by atoms with Crippen LogP contribution in [0.5, 0.6) is 5.75 Å². The lowest BCUT2D eigenvalue weighted by Crippen LogP contribution is -2.38. The Morgan fingerprint density at radius 3 is 2.63 bits per heavy atom. The molecule has 1 aliphatic heterocycles. The fourth-order valence-electron chi connectivity index (χ4n) is 4.18. The summed E-state index contributed by atoms with van der Waals surface area (Å²) in [5.41, 5.74) is 2.11. The third-order valence-corrected chi connectivity index (χ3v) is 6.24. The van der Waals surface area contributed by atoms with Crippen molar-refractivity contribution in [1.29, 1.82) is 0 Å². The number of hydrogen-bond acceptors (Lipinski definition) is 5. The number of nitrogens with zero attached hydrogens (tertiary/aromatic N) is 1. The van der Waals surface area contributed by atoms with Gasteiger partial charge in [-0.25, -0.2) is 0 Å². The fourth-order valence-corrected chi connectivity index (χ4v) is 4.18. The number of rotatable bonds is 7. The van der Waals surface area contributed by atoms with Crippen LogP contribution in [0.3, 0.4) is 0 Å². The van der Waals surface area contributed by atoms with Crippen LogP contribution in [0.15, 0.2) is 48.5 Å². The highest BCUT2D eigenvalue weighted by atomic mass is 16.5. The van der Waals surface area contributed by atoms with Gasteiger partial charge in [-0.1, -0.05) is 50.2 Å². The Hall–Kier alpha value is -2.90. The Labute approximate surface area is 208 Å². The van der Waals surface area contributed by atoms with Gasteiger partial charge < -0.3 is 20.5 Å². The molecule has 0 aromatic heterocycles. The Morgan fingerprint density at radius 2 is 1.89 bits per heavy atom. The monoisotopic (exact) mass is 481 g/mol. The van der Waals surface area contributed by atoms with Gasteiger partial charge in [0.15, 0.2) is 0 Å². The lowest BCUT2D eigenvalue weighted by Gasteiger charge is -2.26. The molecule has 0 bridgehead atoms. The van der Waals surface area contributed by atoms with E-state index in [1.807, 2.05) is 42.5 Å². The molecule has 0 spiro atoms. The summed E-state index contributed by atoms with van der Waals surface area (Å²) in [6.45, 7) is 6.77. The van der Waals surface area contributed by atoms with Gasteiger partial charge in [-0.2, -0.15) is 0 Å². The number of aliphatic hydroxyl groups excluding tert-OH is 1.